The topological polar surface area (TPSA) is 46.3 Å². The van der Waals surface area contributed by atoms with Crippen molar-refractivity contribution < 1.29 is 0 Å². The van der Waals surface area contributed by atoms with E-state index in [0.717, 1.165) is 43.9 Å². The number of piperidine rings is 1. The molecule has 3 heterocycles. The molecule has 1 saturated heterocycles. The molecule has 0 aliphatic carbocycles. The van der Waals surface area contributed by atoms with E-state index < -0.39 is 0 Å². The highest BCUT2D eigenvalue weighted by Gasteiger charge is 2.26. The zero-order valence-electron chi connectivity index (χ0n) is 16.7. The molecule has 0 unspecified atom stereocenters. The SMILES string of the molecule is Cc1nc2ncnn2c(N2CCC(c3ccccc3)CC2)c1Cc1ccccc1. The quantitative estimate of drug-likeness (QED) is 0.524. The van der Waals surface area contributed by atoms with Crippen LogP contribution in [0.4, 0.5) is 5.82 Å². The molecule has 0 amide bonds. The molecular formula is C24H25N5. The molecule has 29 heavy (non-hydrogen) atoms. The Morgan fingerprint density at radius 1 is 0.931 bits per heavy atom. The van der Waals surface area contributed by atoms with Crippen molar-refractivity contribution in [1.82, 2.24) is 19.6 Å². The van der Waals surface area contributed by atoms with Gasteiger partial charge in [-0.3, -0.25) is 0 Å². The normalized spacial score (nSPS) is 15.1. The van der Waals surface area contributed by atoms with Crippen molar-refractivity contribution in [2.45, 2.75) is 32.1 Å². The van der Waals surface area contributed by atoms with Crippen LogP contribution >= 0.6 is 0 Å². The Morgan fingerprint density at radius 3 is 2.34 bits per heavy atom. The standard InChI is InChI=1S/C24H25N5/c1-18-22(16-19-8-4-2-5-9-19)23(29-24(27-18)25-17-26-29)28-14-12-21(13-15-28)20-10-6-3-7-11-20/h2-11,17,21H,12-16H2,1H3. The molecule has 1 aliphatic rings. The Hall–Kier alpha value is -3.21. The third kappa shape index (κ3) is 3.48. The van der Waals surface area contributed by atoms with Gasteiger partial charge in [0.25, 0.3) is 5.78 Å². The summed E-state index contributed by atoms with van der Waals surface area (Å²) in [4.78, 5) is 11.6. The van der Waals surface area contributed by atoms with Crippen LogP contribution in [-0.2, 0) is 6.42 Å². The highest BCUT2D eigenvalue weighted by Crippen LogP contribution is 2.33. The number of aromatic nitrogens is 4. The molecule has 0 saturated carbocycles. The molecule has 146 valence electrons. The first-order chi connectivity index (χ1) is 14.3. The maximum Gasteiger partial charge on any atom is 0.254 e. The Bertz CT molecular complexity index is 1100. The molecule has 5 heteroatoms. The van der Waals surface area contributed by atoms with Gasteiger partial charge in [-0.1, -0.05) is 60.7 Å². The average Bonchev–Trinajstić information content (AvgIpc) is 3.23. The van der Waals surface area contributed by atoms with Crippen molar-refractivity contribution >= 4 is 11.6 Å². The largest absolute Gasteiger partial charge is 0.356 e. The van der Waals surface area contributed by atoms with E-state index in [9.17, 15) is 0 Å². The molecule has 0 bridgehead atoms. The van der Waals surface area contributed by atoms with Crippen molar-refractivity contribution in [3.05, 3.63) is 89.4 Å². The van der Waals surface area contributed by atoms with Crippen LogP contribution in [0.2, 0.25) is 0 Å². The van der Waals surface area contributed by atoms with Crippen LogP contribution in [0.5, 0.6) is 0 Å². The molecule has 0 atom stereocenters. The Kier molecular flexibility index (Phi) is 4.72. The molecule has 5 rings (SSSR count). The van der Waals surface area contributed by atoms with E-state index in [1.165, 1.54) is 16.7 Å². The highest BCUT2D eigenvalue weighted by molar-refractivity contribution is 5.56. The molecule has 0 radical (unpaired) electrons. The van der Waals surface area contributed by atoms with Crippen molar-refractivity contribution in [3.8, 4) is 0 Å². The lowest BCUT2D eigenvalue weighted by Crippen LogP contribution is -2.35. The van der Waals surface area contributed by atoms with Gasteiger partial charge in [-0.15, -0.1) is 0 Å². The van der Waals surface area contributed by atoms with Crippen molar-refractivity contribution in [3.63, 3.8) is 0 Å². The Balaban J connectivity index is 1.49. The summed E-state index contributed by atoms with van der Waals surface area (Å²) >= 11 is 0. The first-order valence-electron chi connectivity index (χ1n) is 10.3. The van der Waals surface area contributed by atoms with Crippen LogP contribution in [0.3, 0.4) is 0 Å². The Morgan fingerprint density at radius 2 is 1.62 bits per heavy atom. The van der Waals surface area contributed by atoms with E-state index >= 15 is 0 Å². The van der Waals surface area contributed by atoms with Gasteiger partial charge in [0.05, 0.1) is 0 Å². The minimum absolute atomic E-state index is 0.624. The summed E-state index contributed by atoms with van der Waals surface area (Å²) in [6.45, 7) is 4.12. The molecule has 4 aromatic rings. The second-order valence-corrected chi connectivity index (χ2v) is 7.81. The van der Waals surface area contributed by atoms with E-state index in [1.54, 1.807) is 6.33 Å². The predicted octanol–water partition coefficient (Wildman–Crippen LogP) is 4.41. The van der Waals surface area contributed by atoms with Crippen molar-refractivity contribution in [2.24, 2.45) is 0 Å². The van der Waals surface area contributed by atoms with Gasteiger partial charge >= 0.3 is 0 Å². The minimum Gasteiger partial charge on any atom is -0.356 e. The van der Waals surface area contributed by atoms with Crippen molar-refractivity contribution in [2.75, 3.05) is 18.0 Å². The fourth-order valence-electron chi connectivity index (χ4n) is 4.45. The van der Waals surface area contributed by atoms with Crippen LogP contribution in [0, 0.1) is 6.92 Å². The summed E-state index contributed by atoms with van der Waals surface area (Å²) in [5.74, 6) is 2.46. The summed E-state index contributed by atoms with van der Waals surface area (Å²) in [5.41, 5.74) is 5.02. The van der Waals surface area contributed by atoms with Gasteiger partial charge in [-0.05, 0) is 36.8 Å². The monoisotopic (exact) mass is 383 g/mol. The predicted molar refractivity (Wildman–Crippen MR) is 115 cm³/mol. The number of aryl methyl sites for hydroxylation is 1. The smallest absolute Gasteiger partial charge is 0.254 e. The Labute approximate surface area is 171 Å². The highest BCUT2D eigenvalue weighted by atomic mass is 15.4. The zero-order valence-corrected chi connectivity index (χ0v) is 16.7. The van der Waals surface area contributed by atoms with Gasteiger partial charge in [0.15, 0.2) is 0 Å². The summed E-state index contributed by atoms with van der Waals surface area (Å²) < 4.78 is 1.92. The second kappa shape index (κ2) is 7.66. The van der Waals surface area contributed by atoms with E-state index in [0.29, 0.717) is 11.7 Å². The van der Waals surface area contributed by atoms with Gasteiger partial charge in [0.1, 0.15) is 12.1 Å². The summed E-state index contributed by atoms with van der Waals surface area (Å²) in [5, 5.41) is 4.52. The zero-order chi connectivity index (χ0) is 19.6. The lowest BCUT2D eigenvalue weighted by atomic mass is 9.89. The molecule has 5 nitrogen and oxygen atoms in total. The molecule has 2 aromatic carbocycles. The number of anilines is 1. The molecule has 1 fully saturated rings. The van der Waals surface area contributed by atoms with Gasteiger partial charge in [-0.2, -0.15) is 14.6 Å². The van der Waals surface area contributed by atoms with Gasteiger partial charge in [0, 0.05) is 30.8 Å². The second-order valence-electron chi connectivity index (χ2n) is 7.81. The molecular weight excluding hydrogens is 358 g/mol. The maximum absolute atomic E-state index is 4.71. The fourth-order valence-corrected chi connectivity index (χ4v) is 4.45. The van der Waals surface area contributed by atoms with Crippen LogP contribution in [0.25, 0.3) is 5.78 Å². The molecule has 0 spiro atoms. The van der Waals surface area contributed by atoms with E-state index in [1.807, 2.05) is 4.52 Å². The third-order valence-electron chi connectivity index (χ3n) is 5.99. The number of benzene rings is 2. The van der Waals surface area contributed by atoms with Gasteiger partial charge < -0.3 is 4.90 Å². The first-order valence-corrected chi connectivity index (χ1v) is 10.3. The van der Waals surface area contributed by atoms with Gasteiger partial charge in [-0.25, -0.2) is 4.98 Å². The van der Waals surface area contributed by atoms with Crippen LogP contribution < -0.4 is 4.90 Å². The van der Waals surface area contributed by atoms with Crippen LogP contribution in [-0.4, -0.2) is 32.7 Å². The summed E-state index contributed by atoms with van der Waals surface area (Å²) in [6.07, 6.45) is 4.75. The summed E-state index contributed by atoms with van der Waals surface area (Å²) in [7, 11) is 0. The molecule has 2 aromatic heterocycles. The number of nitrogens with zero attached hydrogens (tertiary/aromatic N) is 5. The fraction of sp³-hybridized carbons (Fsp3) is 0.292. The van der Waals surface area contributed by atoms with Crippen LogP contribution in [0.1, 0.15) is 41.1 Å². The lowest BCUT2D eigenvalue weighted by Gasteiger charge is -2.35. The van der Waals surface area contributed by atoms with Crippen LogP contribution in [0.15, 0.2) is 67.0 Å². The lowest BCUT2D eigenvalue weighted by molar-refractivity contribution is 0.498. The number of rotatable bonds is 4. The number of hydrogen-bond donors (Lipinski definition) is 0. The number of fused-ring (bicyclic) bond motifs is 1. The summed E-state index contributed by atoms with van der Waals surface area (Å²) in [6, 6.07) is 21.5. The minimum atomic E-state index is 0.624. The average molecular weight is 383 g/mol. The molecule has 0 N–H and O–H groups in total. The van der Waals surface area contributed by atoms with Gasteiger partial charge in [0.2, 0.25) is 0 Å². The first kappa shape index (κ1) is 17.9. The number of hydrogen-bond acceptors (Lipinski definition) is 4. The van der Waals surface area contributed by atoms with E-state index in [-0.39, 0.29) is 0 Å². The van der Waals surface area contributed by atoms with E-state index in [4.69, 9.17) is 4.98 Å². The maximum atomic E-state index is 4.71. The van der Waals surface area contributed by atoms with Crippen molar-refractivity contribution in [1.29, 1.82) is 0 Å². The molecule has 1 aliphatic heterocycles. The third-order valence-corrected chi connectivity index (χ3v) is 5.99. The van der Waals surface area contributed by atoms with E-state index in [2.05, 4.69) is 82.6 Å².